The van der Waals surface area contributed by atoms with Crippen molar-refractivity contribution in [3.8, 4) is 0 Å². The number of hydrogen-bond acceptors (Lipinski definition) is 4. The number of anilines is 1. The minimum absolute atomic E-state index is 0.0190. The molecule has 1 heterocycles. The van der Waals surface area contributed by atoms with Crippen molar-refractivity contribution in [2.75, 3.05) is 4.90 Å². The van der Waals surface area contributed by atoms with Gasteiger partial charge in [-0.25, -0.2) is 18.1 Å². The van der Waals surface area contributed by atoms with E-state index in [0.717, 1.165) is 41.0 Å². The van der Waals surface area contributed by atoms with Crippen LogP contribution in [0.2, 0.25) is 5.02 Å². The summed E-state index contributed by atoms with van der Waals surface area (Å²) in [6, 6.07) is 22.0. The molecule has 0 aliphatic heterocycles. The first-order valence-corrected chi connectivity index (χ1v) is 15.3. The fourth-order valence-electron chi connectivity index (χ4n) is 5.26. The summed E-state index contributed by atoms with van der Waals surface area (Å²) in [7, 11) is -1.87. The van der Waals surface area contributed by atoms with Crippen LogP contribution in [-0.4, -0.2) is 23.9 Å². The molecule has 0 saturated heterocycles. The first-order valence-electron chi connectivity index (χ1n) is 13.4. The van der Waals surface area contributed by atoms with E-state index in [0.29, 0.717) is 24.4 Å². The van der Waals surface area contributed by atoms with Crippen LogP contribution in [0.4, 0.5) is 5.69 Å². The van der Waals surface area contributed by atoms with Gasteiger partial charge in [-0.05, 0) is 60.1 Å². The molecule has 7 nitrogen and oxygen atoms in total. The highest BCUT2D eigenvalue weighted by atomic mass is 35.5. The maximum atomic E-state index is 13.8. The van der Waals surface area contributed by atoms with Gasteiger partial charge < -0.3 is 9.47 Å². The van der Waals surface area contributed by atoms with E-state index in [4.69, 9.17) is 11.6 Å². The normalized spacial score (nSPS) is 15.8. The number of fused-ring (bicyclic) bond motifs is 1. The Morgan fingerprint density at radius 3 is 2.65 bits per heavy atom. The largest absolute Gasteiger partial charge is 0.337 e. The Morgan fingerprint density at radius 2 is 1.93 bits per heavy atom. The molecule has 4 aromatic rings. The van der Waals surface area contributed by atoms with Gasteiger partial charge in [0.25, 0.3) is 0 Å². The standard InChI is InChI=1S/C31H34ClN4O3S/c1-22(23-8-4-3-5-9-23)18-31(37)36(21-30-33-16-17-35(30)2)26-15-14-24-10-6-13-29(28(24)20-26)34-40(38,39)27-12-7-11-25(32)19-27/h3-5,7-9,11-12,14-17,19-20,22,29,32,34H,6,10,13,18,21H2,1-2H3/q+1/t22-,29-/m0/s1. The molecule has 5 rings (SSSR count). The molecular weight excluding hydrogens is 544 g/mol. The van der Waals surface area contributed by atoms with Gasteiger partial charge in [0.1, 0.15) is 5.82 Å². The van der Waals surface area contributed by atoms with Gasteiger partial charge in [0, 0.05) is 49.7 Å². The Bertz CT molecular complexity index is 1600. The van der Waals surface area contributed by atoms with E-state index in [1.165, 1.54) is 6.07 Å². The Balaban J connectivity index is 1.46. The van der Waals surface area contributed by atoms with Crippen molar-refractivity contribution >= 4 is 21.6 Å². The molecule has 1 amide bonds. The lowest BCUT2D eigenvalue weighted by atomic mass is 9.87. The Morgan fingerprint density at radius 1 is 1.12 bits per heavy atom. The number of amides is 1. The van der Waals surface area contributed by atoms with Gasteiger partial charge in [0.05, 0.1) is 11.4 Å². The molecule has 1 aliphatic rings. The van der Waals surface area contributed by atoms with Crippen LogP contribution in [-0.2, 0) is 34.8 Å². The second-order valence-corrected chi connectivity index (χ2v) is 12.6. The van der Waals surface area contributed by atoms with E-state index >= 15 is 0 Å². The molecule has 1 aromatic heterocycles. The number of imidazole rings is 1. The Hall–Kier alpha value is -3.46. The number of nitrogens with zero attached hydrogens (tertiary/aromatic N) is 3. The second-order valence-electron chi connectivity index (χ2n) is 10.4. The molecule has 40 heavy (non-hydrogen) atoms. The molecule has 0 saturated carbocycles. The van der Waals surface area contributed by atoms with E-state index in [9.17, 15) is 13.2 Å². The summed E-state index contributed by atoms with van der Waals surface area (Å²) < 4.78 is 31.3. The van der Waals surface area contributed by atoms with Crippen molar-refractivity contribution in [2.24, 2.45) is 7.05 Å². The molecular formula is C31H34ClN4O3S+. The summed E-state index contributed by atoms with van der Waals surface area (Å²) in [5.41, 5.74) is 3.82. The van der Waals surface area contributed by atoms with Gasteiger partial charge in [0.15, 0.2) is 11.6 Å². The van der Waals surface area contributed by atoms with Gasteiger partial charge >= 0.3 is 0 Å². The van der Waals surface area contributed by atoms with Crippen molar-refractivity contribution < 1.29 is 24.8 Å². The molecule has 2 atom stereocenters. The van der Waals surface area contributed by atoms with Gasteiger partial charge in [-0.3, -0.25) is 4.79 Å². The average Bonchev–Trinajstić information content (AvgIpc) is 3.36. The highest BCUT2D eigenvalue weighted by Gasteiger charge is 2.28. The summed E-state index contributed by atoms with van der Waals surface area (Å²) in [5.74, 6) is 0.781. The lowest BCUT2D eigenvalue weighted by Crippen LogP contribution is -2.34. The van der Waals surface area contributed by atoms with E-state index in [1.807, 2.05) is 66.3 Å². The number of carbonyl (C=O) groups excluding carboxylic acids is 1. The lowest BCUT2D eigenvalue weighted by Gasteiger charge is -2.30. The quantitative estimate of drug-likeness (QED) is 0.296. The van der Waals surface area contributed by atoms with Crippen LogP contribution in [0.15, 0.2) is 90.1 Å². The molecule has 1 N–H and O–H groups in total. The number of sulfonamides is 1. The highest BCUT2D eigenvalue weighted by Crippen LogP contribution is 2.35. The maximum Gasteiger partial charge on any atom is 0.241 e. The van der Waals surface area contributed by atoms with E-state index < -0.39 is 16.1 Å². The van der Waals surface area contributed by atoms with Gasteiger partial charge in [-0.15, -0.1) is 0 Å². The van der Waals surface area contributed by atoms with E-state index in [1.54, 1.807) is 29.3 Å². The number of rotatable bonds is 9. The number of carbonyl (C=O) groups is 1. The first kappa shape index (κ1) is 28.1. The van der Waals surface area contributed by atoms with Crippen LogP contribution < -0.4 is 9.62 Å². The zero-order chi connectivity index (χ0) is 28.3. The summed E-state index contributed by atoms with van der Waals surface area (Å²) >= 11 is 5.19. The molecule has 0 spiro atoms. The van der Waals surface area contributed by atoms with Gasteiger partial charge in [-0.1, -0.05) is 49.4 Å². The van der Waals surface area contributed by atoms with Crippen molar-refractivity contribution in [3.05, 3.63) is 113 Å². The van der Waals surface area contributed by atoms with Crippen molar-refractivity contribution in [1.29, 1.82) is 0 Å². The van der Waals surface area contributed by atoms with Crippen LogP contribution >= 0.6 is 0 Å². The fourth-order valence-corrected chi connectivity index (χ4v) is 6.83. The van der Waals surface area contributed by atoms with Crippen molar-refractivity contribution in [1.82, 2.24) is 14.3 Å². The minimum atomic E-state index is -3.78. The number of nitrogens with one attached hydrogen (secondary N) is 1. The fraction of sp³-hybridized carbons (Fsp3) is 0.290. The SMILES string of the molecule is C[C@@H](CC(=O)N(Cc1nccn1C)c1ccc2c(c1)[C@@H](NS(=O)(=O)c1cccc([ClH+])c1)CCC2)c1ccccc1. The van der Waals surface area contributed by atoms with Crippen LogP contribution in [0.1, 0.15) is 60.7 Å². The third-order valence-corrected chi connectivity index (χ3v) is 9.26. The van der Waals surface area contributed by atoms with E-state index in [2.05, 4.69) is 16.6 Å². The average molecular weight is 578 g/mol. The lowest BCUT2D eigenvalue weighted by molar-refractivity contribution is -0.289. The number of hydrogen-bond donors (Lipinski definition) is 1. The molecule has 9 heteroatoms. The van der Waals surface area contributed by atoms with Crippen molar-refractivity contribution in [2.45, 2.75) is 56.0 Å². The molecule has 1 aliphatic carbocycles. The molecule has 0 unspecified atom stereocenters. The summed E-state index contributed by atoms with van der Waals surface area (Å²) in [6.45, 7) is 2.37. The highest BCUT2D eigenvalue weighted by molar-refractivity contribution is 7.89. The van der Waals surface area contributed by atoms with Crippen LogP contribution in [0, 0.1) is 11.6 Å². The third kappa shape index (κ3) is 6.30. The first-order chi connectivity index (χ1) is 19.2. The van der Waals surface area contributed by atoms with Gasteiger partial charge in [-0.2, -0.15) is 0 Å². The van der Waals surface area contributed by atoms with Gasteiger partial charge in [0.2, 0.25) is 21.0 Å². The summed E-state index contributed by atoms with van der Waals surface area (Å²) in [6.07, 6.45) is 6.31. The molecule has 3 aromatic carbocycles. The molecule has 0 radical (unpaired) electrons. The summed E-state index contributed by atoms with van der Waals surface area (Å²) in [4.78, 5) is 20.2. The smallest absolute Gasteiger partial charge is 0.241 e. The second kappa shape index (κ2) is 12.0. The minimum Gasteiger partial charge on any atom is -0.337 e. The predicted molar refractivity (Wildman–Crippen MR) is 153 cm³/mol. The molecule has 0 fully saturated rings. The van der Waals surface area contributed by atoms with E-state index in [-0.39, 0.29) is 16.7 Å². The van der Waals surface area contributed by atoms with Crippen LogP contribution in [0.25, 0.3) is 0 Å². The topological polar surface area (TPSA) is 84.3 Å². The number of halogens is 1. The Kier molecular flexibility index (Phi) is 8.40. The molecule has 0 bridgehead atoms. The number of aromatic nitrogens is 2. The summed E-state index contributed by atoms with van der Waals surface area (Å²) in [5, 5.41) is 0.474. The monoisotopic (exact) mass is 577 g/mol. The zero-order valence-electron chi connectivity index (χ0n) is 22.7. The zero-order valence-corrected chi connectivity index (χ0v) is 24.3. The third-order valence-electron chi connectivity index (χ3n) is 7.54. The molecule has 208 valence electrons. The van der Waals surface area contributed by atoms with Crippen LogP contribution in [0.3, 0.4) is 0 Å². The Labute approximate surface area is 240 Å². The predicted octanol–water partition coefficient (Wildman–Crippen LogP) is 5.20. The number of aryl methyl sites for hydroxylation is 2. The maximum absolute atomic E-state index is 13.8. The number of benzene rings is 3. The van der Waals surface area contributed by atoms with Crippen LogP contribution in [0.5, 0.6) is 0 Å². The van der Waals surface area contributed by atoms with Crippen molar-refractivity contribution in [3.63, 3.8) is 0 Å².